The molecule has 0 aliphatic carbocycles. The lowest BCUT2D eigenvalue weighted by molar-refractivity contribution is -0.141. The average Bonchev–Trinajstić information content (AvgIpc) is 3.55. The third kappa shape index (κ3) is 5.36. The van der Waals surface area contributed by atoms with Crippen LogP contribution >= 0.6 is 15.9 Å². The zero-order valence-electron chi connectivity index (χ0n) is 22.6. The van der Waals surface area contributed by atoms with Crippen LogP contribution in [0.5, 0.6) is 5.75 Å². The second kappa shape index (κ2) is 12.3. The van der Waals surface area contributed by atoms with Crippen molar-refractivity contribution >= 4 is 39.3 Å². The minimum absolute atomic E-state index is 0.0748. The maximum absolute atomic E-state index is 14.0. The van der Waals surface area contributed by atoms with Crippen LogP contribution in [0.15, 0.2) is 54.6 Å². The lowest BCUT2D eigenvalue weighted by Gasteiger charge is -2.34. The number of nitrogens with one attached hydrogen (secondary N) is 2. The first-order valence-electron chi connectivity index (χ1n) is 14.0. The number of aliphatic hydroxyl groups excluding tert-OH is 1. The average molecular weight is 615 g/mol. The third-order valence-electron chi connectivity index (χ3n) is 8.14. The lowest BCUT2D eigenvalue weighted by atomic mass is 9.70. The van der Waals surface area contributed by atoms with Gasteiger partial charge in [0, 0.05) is 30.2 Å². The summed E-state index contributed by atoms with van der Waals surface area (Å²) >= 11 is 3.70. The molecule has 5 rings (SSSR count). The van der Waals surface area contributed by atoms with E-state index in [1.165, 1.54) is 0 Å². The number of unbranched alkanes of at least 4 members (excludes halogenated alkanes) is 2. The van der Waals surface area contributed by atoms with Crippen molar-refractivity contribution in [1.82, 2.24) is 10.2 Å². The lowest BCUT2D eigenvalue weighted by Crippen LogP contribution is -2.55. The van der Waals surface area contributed by atoms with Crippen molar-refractivity contribution in [3.05, 3.63) is 60.2 Å². The van der Waals surface area contributed by atoms with E-state index in [0.29, 0.717) is 50.4 Å². The molecule has 1 spiro atoms. The summed E-state index contributed by atoms with van der Waals surface area (Å²) in [5.74, 6) is -1.62. The Bertz CT molecular complexity index is 1210. The highest BCUT2D eigenvalue weighted by atomic mass is 79.9. The van der Waals surface area contributed by atoms with Gasteiger partial charge < -0.3 is 30.1 Å². The fraction of sp³-hybridized carbons (Fsp3) is 0.500. The molecule has 3 amide bonds. The van der Waals surface area contributed by atoms with Gasteiger partial charge in [-0.25, -0.2) is 0 Å². The van der Waals surface area contributed by atoms with Crippen molar-refractivity contribution in [1.29, 1.82) is 0 Å². The molecule has 40 heavy (non-hydrogen) atoms. The smallest absolute Gasteiger partial charge is 0.246 e. The Morgan fingerprint density at radius 1 is 1.10 bits per heavy atom. The molecule has 3 saturated heterocycles. The van der Waals surface area contributed by atoms with E-state index in [1.807, 2.05) is 37.3 Å². The van der Waals surface area contributed by atoms with Crippen molar-refractivity contribution in [3.8, 4) is 5.75 Å². The first kappa shape index (κ1) is 28.6. The summed E-state index contributed by atoms with van der Waals surface area (Å²) in [4.78, 5) is 42.9. The largest absolute Gasteiger partial charge is 0.494 e. The van der Waals surface area contributed by atoms with Crippen molar-refractivity contribution in [2.24, 2.45) is 11.8 Å². The van der Waals surface area contributed by atoms with Crippen molar-refractivity contribution in [2.45, 2.75) is 61.7 Å². The van der Waals surface area contributed by atoms with Crippen LogP contribution in [0.1, 0.15) is 38.2 Å². The SMILES string of the molecule is CCOc1ccc(NC(=O)[C@H]2[C@@H]3OC4(CC3Br)C(C(=O)NCc3ccccc3)N(CCCCCO)C(=O)[C@H]24)cc1. The fourth-order valence-corrected chi connectivity index (χ4v) is 7.39. The molecule has 3 heterocycles. The Hall–Kier alpha value is -2.95. The fourth-order valence-electron chi connectivity index (χ4n) is 6.45. The van der Waals surface area contributed by atoms with Gasteiger partial charge in [0.25, 0.3) is 0 Å². The number of fused-ring (bicyclic) bond motifs is 1. The first-order valence-corrected chi connectivity index (χ1v) is 14.9. The highest BCUT2D eigenvalue weighted by Crippen LogP contribution is 2.60. The summed E-state index contributed by atoms with van der Waals surface area (Å²) < 4.78 is 12.0. The van der Waals surface area contributed by atoms with Crippen LogP contribution in [0.3, 0.4) is 0 Å². The molecule has 2 aromatic rings. The number of benzene rings is 2. The molecule has 10 heteroatoms. The number of ether oxygens (including phenoxy) is 2. The Morgan fingerprint density at radius 2 is 1.85 bits per heavy atom. The maximum atomic E-state index is 14.0. The number of carbonyl (C=O) groups excluding carboxylic acids is 3. The molecule has 6 atom stereocenters. The van der Waals surface area contributed by atoms with Gasteiger partial charge in [0.05, 0.1) is 24.5 Å². The number of anilines is 1. The number of alkyl halides is 1. The van der Waals surface area contributed by atoms with Gasteiger partial charge in [0.2, 0.25) is 17.7 Å². The number of amides is 3. The van der Waals surface area contributed by atoms with Gasteiger partial charge in [0.15, 0.2) is 0 Å². The standard InChI is InChI=1S/C30H36BrN3O6/c1-2-39-21-13-11-20(12-14-21)33-27(36)23-24-29(38)34(15-7-4-8-16-35)26(30(24)17-22(31)25(23)40-30)28(37)32-18-19-9-5-3-6-10-19/h3,5-6,9-14,22-26,35H,2,4,7-8,15-18H2,1H3,(H,32,37)(H,33,36)/t22?,23-,24+,25-,26?,30?/m1/s1. The number of nitrogens with zero attached hydrogens (tertiary/aromatic N) is 1. The van der Waals surface area contributed by atoms with Crippen LogP contribution in [-0.2, 0) is 25.7 Å². The topological polar surface area (TPSA) is 117 Å². The minimum Gasteiger partial charge on any atom is -0.494 e. The third-order valence-corrected chi connectivity index (χ3v) is 8.98. The molecular weight excluding hydrogens is 578 g/mol. The molecule has 3 fully saturated rings. The van der Waals surface area contributed by atoms with Crippen LogP contribution in [0, 0.1) is 11.8 Å². The Morgan fingerprint density at radius 3 is 2.55 bits per heavy atom. The van der Waals surface area contributed by atoms with Crippen molar-refractivity contribution < 1.29 is 29.0 Å². The summed E-state index contributed by atoms with van der Waals surface area (Å²) in [5, 5.41) is 15.2. The summed E-state index contributed by atoms with van der Waals surface area (Å²) in [6.45, 7) is 3.20. The minimum atomic E-state index is -1.10. The van der Waals surface area contributed by atoms with E-state index < -0.39 is 29.6 Å². The van der Waals surface area contributed by atoms with Gasteiger partial charge in [-0.1, -0.05) is 46.3 Å². The number of rotatable bonds is 12. The highest BCUT2D eigenvalue weighted by Gasteiger charge is 2.76. The van der Waals surface area contributed by atoms with Gasteiger partial charge in [-0.15, -0.1) is 0 Å². The van der Waals surface area contributed by atoms with Crippen molar-refractivity contribution in [3.63, 3.8) is 0 Å². The molecule has 9 nitrogen and oxygen atoms in total. The van der Waals surface area contributed by atoms with Gasteiger partial charge in [-0.2, -0.15) is 0 Å². The van der Waals surface area contributed by atoms with Crippen LogP contribution < -0.4 is 15.4 Å². The second-order valence-electron chi connectivity index (χ2n) is 10.6. The quantitative estimate of drug-likeness (QED) is 0.250. The zero-order chi connectivity index (χ0) is 28.3. The van der Waals surface area contributed by atoms with E-state index in [4.69, 9.17) is 9.47 Å². The van der Waals surface area contributed by atoms with Crippen LogP contribution in [-0.4, -0.2) is 70.1 Å². The second-order valence-corrected chi connectivity index (χ2v) is 11.8. The van der Waals surface area contributed by atoms with E-state index in [0.717, 1.165) is 12.0 Å². The molecule has 214 valence electrons. The van der Waals surface area contributed by atoms with E-state index in [1.54, 1.807) is 29.2 Å². The van der Waals surface area contributed by atoms with Crippen molar-refractivity contribution in [2.75, 3.05) is 25.1 Å². The van der Waals surface area contributed by atoms with E-state index in [2.05, 4.69) is 26.6 Å². The van der Waals surface area contributed by atoms with Gasteiger partial charge in [-0.3, -0.25) is 14.4 Å². The molecule has 3 unspecified atom stereocenters. The predicted octanol–water partition coefficient (Wildman–Crippen LogP) is 3.25. The predicted molar refractivity (Wildman–Crippen MR) is 153 cm³/mol. The monoisotopic (exact) mass is 613 g/mol. The number of aliphatic hydroxyl groups is 1. The summed E-state index contributed by atoms with van der Waals surface area (Å²) in [7, 11) is 0. The van der Waals surface area contributed by atoms with Gasteiger partial charge >= 0.3 is 0 Å². The molecule has 0 saturated carbocycles. The van der Waals surface area contributed by atoms with Gasteiger partial charge in [0.1, 0.15) is 17.4 Å². The molecule has 3 aliphatic rings. The number of hydrogen-bond donors (Lipinski definition) is 3. The zero-order valence-corrected chi connectivity index (χ0v) is 24.1. The molecule has 0 aromatic heterocycles. The molecule has 2 bridgehead atoms. The Kier molecular flexibility index (Phi) is 8.77. The van der Waals surface area contributed by atoms with E-state index >= 15 is 0 Å². The normalized spacial score (nSPS) is 28.4. The molecule has 3 aliphatic heterocycles. The highest BCUT2D eigenvalue weighted by molar-refractivity contribution is 9.09. The van der Waals surface area contributed by atoms with E-state index in [-0.39, 0.29) is 29.2 Å². The van der Waals surface area contributed by atoms with E-state index in [9.17, 15) is 19.5 Å². The molecular formula is C30H36BrN3O6. The molecule has 3 N–H and O–H groups in total. The number of halogens is 1. The van der Waals surface area contributed by atoms with Crippen LogP contribution in [0.4, 0.5) is 5.69 Å². The van der Waals surface area contributed by atoms with Crippen LogP contribution in [0.25, 0.3) is 0 Å². The van der Waals surface area contributed by atoms with Gasteiger partial charge in [-0.05, 0) is 62.4 Å². The Balaban J connectivity index is 1.39. The maximum Gasteiger partial charge on any atom is 0.246 e. The summed E-state index contributed by atoms with van der Waals surface area (Å²) in [6, 6.07) is 15.8. The molecule has 2 aromatic carbocycles. The molecule has 0 radical (unpaired) electrons. The van der Waals surface area contributed by atoms with Crippen LogP contribution in [0.2, 0.25) is 0 Å². The Labute approximate surface area is 242 Å². The number of carbonyl (C=O) groups is 3. The summed E-state index contributed by atoms with van der Waals surface area (Å²) in [6.07, 6.45) is 1.91. The number of hydrogen-bond acceptors (Lipinski definition) is 6. The first-order chi connectivity index (χ1) is 19.4. The summed E-state index contributed by atoms with van der Waals surface area (Å²) in [5.41, 5.74) is 0.445. The number of likely N-dealkylation sites (tertiary alicyclic amines) is 1.